The third-order valence-electron chi connectivity index (χ3n) is 2.54. The zero-order chi connectivity index (χ0) is 10.7. The topological polar surface area (TPSA) is 21.3 Å². The van der Waals surface area contributed by atoms with Gasteiger partial charge in [-0.05, 0) is 40.5 Å². The molecule has 1 aromatic rings. The molecule has 82 valence electrons. The second-order valence-corrected chi connectivity index (χ2v) is 5.00. The molecule has 1 N–H and O–H groups in total. The van der Waals surface area contributed by atoms with Gasteiger partial charge in [0.15, 0.2) is 0 Å². The Morgan fingerprint density at radius 2 is 2.40 bits per heavy atom. The van der Waals surface area contributed by atoms with Crippen LogP contribution in [0.5, 0.6) is 0 Å². The summed E-state index contributed by atoms with van der Waals surface area (Å²) < 4.78 is 6.25. The molecule has 1 atom stereocenters. The van der Waals surface area contributed by atoms with Crippen LogP contribution >= 0.6 is 27.5 Å². The zero-order valence-electron chi connectivity index (χ0n) is 8.30. The fourth-order valence-electron chi connectivity index (χ4n) is 1.61. The molecule has 2 rings (SSSR count). The molecule has 1 saturated heterocycles. The van der Waals surface area contributed by atoms with Crippen LogP contribution in [0.1, 0.15) is 6.42 Å². The Hall–Kier alpha value is -0.250. The van der Waals surface area contributed by atoms with Gasteiger partial charge in [-0.15, -0.1) is 0 Å². The number of nitrogens with one attached hydrogen (secondary N) is 1. The minimum atomic E-state index is 0.638. The SMILES string of the molecule is Clc1ccc(NCC2CCOC2)cc1Br. The Morgan fingerprint density at radius 3 is 3.07 bits per heavy atom. The van der Waals surface area contributed by atoms with E-state index in [4.69, 9.17) is 16.3 Å². The first kappa shape index (κ1) is 11.2. The van der Waals surface area contributed by atoms with Gasteiger partial charge in [-0.2, -0.15) is 0 Å². The largest absolute Gasteiger partial charge is 0.385 e. The van der Waals surface area contributed by atoms with Gasteiger partial charge < -0.3 is 10.1 Å². The predicted octanol–water partition coefficient (Wildman–Crippen LogP) is 3.55. The first-order valence-electron chi connectivity index (χ1n) is 5.02. The maximum Gasteiger partial charge on any atom is 0.0549 e. The Labute approximate surface area is 103 Å². The number of rotatable bonds is 3. The number of hydrogen-bond acceptors (Lipinski definition) is 2. The highest BCUT2D eigenvalue weighted by molar-refractivity contribution is 9.10. The Kier molecular flexibility index (Phi) is 3.89. The zero-order valence-corrected chi connectivity index (χ0v) is 10.6. The molecule has 0 bridgehead atoms. The average molecular weight is 291 g/mol. The minimum Gasteiger partial charge on any atom is -0.385 e. The van der Waals surface area contributed by atoms with Gasteiger partial charge in [0.1, 0.15) is 0 Å². The van der Waals surface area contributed by atoms with Crippen LogP contribution in [0.4, 0.5) is 5.69 Å². The van der Waals surface area contributed by atoms with Crippen LogP contribution in [-0.2, 0) is 4.74 Å². The van der Waals surface area contributed by atoms with Gasteiger partial charge >= 0.3 is 0 Å². The summed E-state index contributed by atoms with van der Waals surface area (Å²) in [5, 5.41) is 4.13. The van der Waals surface area contributed by atoms with Gasteiger partial charge in [-0.25, -0.2) is 0 Å². The van der Waals surface area contributed by atoms with E-state index in [9.17, 15) is 0 Å². The molecule has 1 fully saturated rings. The van der Waals surface area contributed by atoms with Gasteiger partial charge in [-0.1, -0.05) is 11.6 Å². The highest BCUT2D eigenvalue weighted by Crippen LogP contribution is 2.25. The molecular weight excluding hydrogens is 277 g/mol. The highest BCUT2D eigenvalue weighted by atomic mass is 79.9. The normalized spacial score (nSPS) is 20.5. The van der Waals surface area contributed by atoms with Crippen molar-refractivity contribution in [3.63, 3.8) is 0 Å². The average Bonchev–Trinajstić information content (AvgIpc) is 2.73. The van der Waals surface area contributed by atoms with Crippen molar-refractivity contribution >= 4 is 33.2 Å². The van der Waals surface area contributed by atoms with E-state index in [2.05, 4.69) is 21.2 Å². The van der Waals surface area contributed by atoms with Crippen LogP contribution in [-0.4, -0.2) is 19.8 Å². The summed E-state index contributed by atoms with van der Waals surface area (Å²) in [6, 6.07) is 5.88. The van der Waals surface area contributed by atoms with E-state index in [1.54, 1.807) is 0 Å². The summed E-state index contributed by atoms with van der Waals surface area (Å²) in [5.41, 5.74) is 1.10. The van der Waals surface area contributed by atoms with Crippen LogP contribution in [0.2, 0.25) is 5.02 Å². The van der Waals surface area contributed by atoms with Crippen molar-refractivity contribution in [2.24, 2.45) is 5.92 Å². The monoisotopic (exact) mass is 289 g/mol. The summed E-state index contributed by atoms with van der Waals surface area (Å²) in [6.07, 6.45) is 1.15. The first-order chi connectivity index (χ1) is 7.25. The van der Waals surface area contributed by atoms with Crippen LogP contribution in [0.3, 0.4) is 0 Å². The van der Waals surface area contributed by atoms with Gasteiger partial charge in [0.25, 0.3) is 0 Å². The van der Waals surface area contributed by atoms with Crippen molar-refractivity contribution in [2.45, 2.75) is 6.42 Å². The Morgan fingerprint density at radius 1 is 1.53 bits per heavy atom. The molecule has 1 aliphatic heterocycles. The lowest BCUT2D eigenvalue weighted by molar-refractivity contribution is 0.187. The molecule has 15 heavy (non-hydrogen) atoms. The molecule has 0 amide bonds. The van der Waals surface area contributed by atoms with Crippen molar-refractivity contribution in [3.05, 3.63) is 27.7 Å². The van der Waals surface area contributed by atoms with Crippen LogP contribution in [0.15, 0.2) is 22.7 Å². The van der Waals surface area contributed by atoms with Gasteiger partial charge in [0, 0.05) is 29.2 Å². The number of halogens is 2. The smallest absolute Gasteiger partial charge is 0.0549 e. The van der Waals surface area contributed by atoms with Crippen molar-refractivity contribution in [2.75, 3.05) is 25.1 Å². The molecular formula is C11H13BrClNO. The Bertz CT molecular complexity index is 339. The highest BCUT2D eigenvalue weighted by Gasteiger charge is 2.14. The van der Waals surface area contributed by atoms with E-state index in [1.165, 1.54) is 0 Å². The molecule has 0 aromatic heterocycles. The maximum atomic E-state index is 5.91. The van der Waals surface area contributed by atoms with Crippen molar-refractivity contribution < 1.29 is 4.74 Å². The lowest BCUT2D eigenvalue weighted by Gasteiger charge is -2.11. The molecule has 0 spiro atoms. The van der Waals surface area contributed by atoms with Gasteiger partial charge in [-0.3, -0.25) is 0 Å². The molecule has 1 aliphatic rings. The standard InChI is InChI=1S/C11H13BrClNO/c12-10-5-9(1-2-11(10)13)14-6-8-3-4-15-7-8/h1-2,5,8,14H,3-4,6-7H2. The predicted molar refractivity (Wildman–Crippen MR) is 66.6 cm³/mol. The number of anilines is 1. The molecule has 0 saturated carbocycles. The molecule has 1 unspecified atom stereocenters. The third kappa shape index (κ3) is 3.10. The lowest BCUT2D eigenvalue weighted by atomic mass is 10.1. The molecule has 4 heteroatoms. The van der Waals surface area contributed by atoms with Gasteiger partial charge in [0.2, 0.25) is 0 Å². The third-order valence-corrected chi connectivity index (χ3v) is 3.75. The van der Waals surface area contributed by atoms with E-state index >= 15 is 0 Å². The molecule has 1 heterocycles. The fourth-order valence-corrected chi connectivity index (χ4v) is 2.11. The van der Waals surface area contributed by atoms with Crippen LogP contribution in [0.25, 0.3) is 0 Å². The van der Waals surface area contributed by atoms with E-state index in [-0.39, 0.29) is 0 Å². The number of hydrogen-bond donors (Lipinski definition) is 1. The van der Waals surface area contributed by atoms with Gasteiger partial charge in [0.05, 0.1) is 11.6 Å². The van der Waals surface area contributed by atoms with E-state index in [0.717, 1.165) is 41.4 Å². The summed E-state index contributed by atoms with van der Waals surface area (Å²) >= 11 is 9.32. The van der Waals surface area contributed by atoms with Crippen LogP contribution in [0, 0.1) is 5.92 Å². The second-order valence-electron chi connectivity index (χ2n) is 3.74. The first-order valence-corrected chi connectivity index (χ1v) is 6.19. The van der Waals surface area contributed by atoms with Crippen molar-refractivity contribution in [1.29, 1.82) is 0 Å². The Balaban J connectivity index is 1.90. The fraction of sp³-hybridized carbons (Fsp3) is 0.455. The summed E-state index contributed by atoms with van der Waals surface area (Å²) in [4.78, 5) is 0. The minimum absolute atomic E-state index is 0.638. The molecule has 0 aliphatic carbocycles. The molecule has 0 radical (unpaired) electrons. The van der Waals surface area contributed by atoms with E-state index < -0.39 is 0 Å². The lowest BCUT2D eigenvalue weighted by Crippen LogP contribution is -2.13. The molecule has 2 nitrogen and oxygen atoms in total. The molecule has 1 aromatic carbocycles. The summed E-state index contributed by atoms with van der Waals surface area (Å²) in [7, 11) is 0. The quantitative estimate of drug-likeness (QED) is 0.919. The second kappa shape index (κ2) is 5.19. The maximum absolute atomic E-state index is 5.91. The number of ether oxygens (including phenoxy) is 1. The van der Waals surface area contributed by atoms with E-state index in [1.807, 2.05) is 18.2 Å². The summed E-state index contributed by atoms with van der Waals surface area (Å²) in [6.45, 7) is 2.74. The van der Waals surface area contributed by atoms with Crippen molar-refractivity contribution in [3.8, 4) is 0 Å². The van der Waals surface area contributed by atoms with E-state index in [0.29, 0.717) is 5.92 Å². The van der Waals surface area contributed by atoms with Crippen molar-refractivity contribution in [1.82, 2.24) is 0 Å². The number of benzene rings is 1. The van der Waals surface area contributed by atoms with Crippen LogP contribution < -0.4 is 5.32 Å². The summed E-state index contributed by atoms with van der Waals surface area (Å²) in [5.74, 6) is 0.638.